The van der Waals surface area contributed by atoms with Gasteiger partial charge >= 0.3 is 0 Å². The molecule has 3 aromatic rings. The molecule has 0 radical (unpaired) electrons. The molecule has 1 saturated carbocycles. The van der Waals surface area contributed by atoms with Gasteiger partial charge in [0.1, 0.15) is 41.9 Å². The number of ether oxygens (including phenoxy) is 1. The Kier molecular flexibility index (Phi) is 5.01. The van der Waals surface area contributed by atoms with E-state index in [1.807, 2.05) is 23.8 Å². The number of aliphatic hydroxyl groups is 2. The minimum absolute atomic E-state index is 0.266. The number of aromatic nitrogens is 3. The van der Waals surface area contributed by atoms with E-state index < -0.39 is 24.4 Å². The first-order valence-electron chi connectivity index (χ1n) is 9.97. The summed E-state index contributed by atoms with van der Waals surface area (Å²) in [7, 11) is 0. The van der Waals surface area contributed by atoms with Gasteiger partial charge in [0.15, 0.2) is 0 Å². The molecule has 1 aromatic carbocycles. The first-order chi connectivity index (χ1) is 14.5. The highest BCUT2D eigenvalue weighted by molar-refractivity contribution is 9.10. The van der Waals surface area contributed by atoms with Crippen LogP contribution in [0.15, 0.2) is 29.1 Å². The van der Waals surface area contributed by atoms with E-state index in [2.05, 4.69) is 31.2 Å². The van der Waals surface area contributed by atoms with E-state index in [0.29, 0.717) is 47.4 Å². The van der Waals surface area contributed by atoms with Crippen LogP contribution in [0, 0.1) is 12.7 Å². The lowest BCUT2D eigenvalue weighted by atomic mass is 9.99. The van der Waals surface area contributed by atoms with Crippen molar-refractivity contribution < 1.29 is 19.3 Å². The lowest BCUT2D eigenvalue weighted by Gasteiger charge is -2.25. The number of aliphatic hydroxyl groups excluding tert-OH is 2. The van der Waals surface area contributed by atoms with Gasteiger partial charge in [-0.1, -0.05) is 0 Å². The monoisotopic (exact) mass is 476 g/mol. The van der Waals surface area contributed by atoms with Gasteiger partial charge in [0.05, 0.1) is 16.2 Å². The van der Waals surface area contributed by atoms with E-state index in [-0.39, 0.29) is 5.82 Å². The average Bonchev–Trinajstić information content (AvgIpc) is 3.29. The van der Waals surface area contributed by atoms with Crippen molar-refractivity contribution in [1.82, 2.24) is 19.9 Å². The fourth-order valence-corrected chi connectivity index (χ4v) is 5.01. The number of fused-ring (bicyclic) bond motifs is 2. The molecule has 2 unspecified atom stereocenters. The molecule has 5 rings (SSSR count). The van der Waals surface area contributed by atoms with Crippen LogP contribution in [-0.4, -0.2) is 49.6 Å². The predicted octanol–water partition coefficient (Wildman–Crippen LogP) is 2.40. The zero-order valence-electron chi connectivity index (χ0n) is 16.3. The fraction of sp³-hybridized carbons (Fsp3) is 0.429. The van der Waals surface area contributed by atoms with Gasteiger partial charge in [-0.15, -0.1) is 0 Å². The number of nitrogens with zero attached hydrogens (tertiary/aromatic N) is 3. The summed E-state index contributed by atoms with van der Waals surface area (Å²) in [6.07, 6.45) is 1.60. The van der Waals surface area contributed by atoms with E-state index in [1.54, 1.807) is 6.07 Å². The van der Waals surface area contributed by atoms with Gasteiger partial charge in [0.2, 0.25) is 0 Å². The van der Waals surface area contributed by atoms with E-state index in [0.717, 1.165) is 16.6 Å². The third kappa shape index (κ3) is 3.11. The standard InChI is InChI=1S/C21H22BrFN4O3/c1-10-11-3-5-27(21(11)26-9-25-10)15-7-17(20(29)19(15)28)30-16-6-14(22)18(23)12-2-4-24-8-13(12)16/h3,5-6,9,15,17,19-20,24,28-29H,2,4,7-8H2,1H3/t15?,17?,19-,20+/m0/s1. The van der Waals surface area contributed by atoms with Gasteiger partial charge in [-0.3, -0.25) is 0 Å². The maximum Gasteiger partial charge on any atom is 0.143 e. The molecule has 2 aromatic heterocycles. The summed E-state index contributed by atoms with van der Waals surface area (Å²) in [5.41, 5.74) is 2.97. The van der Waals surface area contributed by atoms with Gasteiger partial charge < -0.3 is 24.8 Å². The van der Waals surface area contributed by atoms with E-state index in [4.69, 9.17) is 4.74 Å². The van der Waals surface area contributed by atoms with Crippen molar-refractivity contribution in [2.45, 2.75) is 50.7 Å². The van der Waals surface area contributed by atoms with Gasteiger partial charge in [-0.05, 0) is 53.5 Å². The molecule has 3 heterocycles. The van der Waals surface area contributed by atoms with Gasteiger partial charge in [0, 0.05) is 30.1 Å². The summed E-state index contributed by atoms with van der Waals surface area (Å²) in [6, 6.07) is 3.13. The van der Waals surface area contributed by atoms with E-state index in [9.17, 15) is 14.6 Å². The van der Waals surface area contributed by atoms with Gasteiger partial charge in [0.25, 0.3) is 0 Å². The van der Waals surface area contributed by atoms with E-state index in [1.165, 1.54) is 6.33 Å². The Morgan fingerprint density at radius 3 is 2.93 bits per heavy atom. The molecule has 0 bridgehead atoms. The molecule has 9 heteroatoms. The normalized spacial score (nSPS) is 26.2. The number of hydrogen-bond acceptors (Lipinski definition) is 6. The van der Waals surface area contributed by atoms with Crippen molar-refractivity contribution >= 4 is 27.0 Å². The average molecular weight is 477 g/mol. The molecule has 30 heavy (non-hydrogen) atoms. The lowest BCUT2D eigenvalue weighted by Crippen LogP contribution is -2.35. The van der Waals surface area contributed by atoms with Crippen LogP contribution in [-0.2, 0) is 13.0 Å². The van der Waals surface area contributed by atoms with Crippen molar-refractivity contribution in [3.05, 3.63) is 51.8 Å². The largest absolute Gasteiger partial charge is 0.487 e. The quantitative estimate of drug-likeness (QED) is 0.537. The molecule has 0 amide bonds. The van der Waals surface area contributed by atoms with Crippen LogP contribution in [0.5, 0.6) is 5.75 Å². The molecular weight excluding hydrogens is 455 g/mol. The summed E-state index contributed by atoms with van der Waals surface area (Å²) in [6.45, 7) is 3.11. The van der Waals surface area contributed by atoms with E-state index >= 15 is 0 Å². The second-order valence-corrected chi connectivity index (χ2v) is 8.77. The Morgan fingerprint density at radius 1 is 1.27 bits per heavy atom. The van der Waals surface area contributed by atoms with Crippen LogP contribution >= 0.6 is 15.9 Å². The number of nitrogens with one attached hydrogen (secondary N) is 1. The van der Waals surface area contributed by atoms with Crippen molar-refractivity contribution in [3.63, 3.8) is 0 Å². The maximum absolute atomic E-state index is 14.5. The molecule has 1 aliphatic carbocycles. The Morgan fingerprint density at radius 2 is 2.10 bits per heavy atom. The van der Waals surface area contributed by atoms with Crippen LogP contribution in [0.1, 0.15) is 29.3 Å². The Bertz CT molecular complexity index is 1120. The van der Waals surface area contributed by atoms with Crippen LogP contribution in [0.2, 0.25) is 0 Å². The topological polar surface area (TPSA) is 92.4 Å². The minimum Gasteiger partial charge on any atom is -0.487 e. The van der Waals surface area contributed by atoms with Crippen LogP contribution in [0.3, 0.4) is 0 Å². The third-order valence-electron chi connectivity index (χ3n) is 6.19. The highest BCUT2D eigenvalue weighted by Gasteiger charge is 2.44. The molecule has 4 atom stereocenters. The molecule has 158 valence electrons. The summed E-state index contributed by atoms with van der Waals surface area (Å²) in [5, 5.41) is 25.6. The summed E-state index contributed by atoms with van der Waals surface area (Å²) in [5.74, 6) is 0.260. The van der Waals surface area contributed by atoms with Crippen molar-refractivity contribution in [3.8, 4) is 5.75 Å². The molecule has 0 saturated heterocycles. The number of hydrogen-bond donors (Lipinski definition) is 3. The van der Waals surface area contributed by atoms with Crippen molar-refractivity contribution in [2.75, 3.05) is 6.54 Å². The molecule has 1 aliphatic heterocycles. The van der Waals surface area contributed by atoms with Crippen molar-refractivity contribution in [2.24, 2.45) is 0 Å². The lowest BCUT2D eigenvalue weighted by molar-refractivity contribution is -0.0167. The second-order valence-electron chi connectivity index (χ2n) is 7.91. The zero-order valence-corrected chi connectivity index (χ0v) is 17.9. The summed E-state index contributed by atoms with van der Waals surface area (Å²) < 4.78 is 22.9. The smallest absolute Gasteiger partial charge is 0.143 e. The fourth-order valence-electron chi connectivity index (χ4n) is 4.57. The third-order valence-corrected chi connectivity index (χ3v) is 6.77. The SMILES string of the molecule is Cc1ncnc2c1ccn2C1CC(Oc2cc(Br)c(F)c3c2CNCC3)[C@@H](O)[C@H]1O. The zero-order chi connectivity index (χ0) is 21.0. The molecular formula is C21H22BrFN4O3. The van der Waals surface area contributed by atoms with Crippen LogP contribution in [0.25, 0.3) is 11.0 Å². The Labute approximate surface area is 181 Å². The highest BCUT2D eigenvalue weighted by atomic mass is 79.9. The maximum atomic E-state index is 14.5. The number of rotatable bonds is 3. The van der Waals surface area contributed by atoms with Crippen LogP contribution in [0.4, 0.5) is 4.39 Å². The second kappa shape index (κ2) is 7.56. The number of benzene rings is 1. The first-order valence-corrected chi connectivity index (χ1v) is 10.8. The Hall–Kier alpha value is -2.07. The van der Waals surface area contributed by atoms with Crippen LogP contribution < -0.4 is 10.1 Å². The highest BCUT2D eigenvalue weighted by Crippen LogP contribution is 2.39. The number of aryl methyl sites for hydroxylation is 1. The summed E-state index contributed by atoms with van der Waals surface area (Å²) in [4.78, 5) is 8.56. The molecule has 3 N–H and O–H groups in total. The first kappa shape index (κ1) is 19.9. The molecule has 2 aliphatic rings. The summed E-state index contributed by atoms with van der Waals surface area (Å²) >= 11 is 3.27. The van der Waals surface area contributed by atoms with Crippen molar-refractivity contribution in [1.29, 1.82) is 0 Å². The Balaban J connectivity index is 1.46. The molecule has 0 spiro atoms. The minimum atomic E-state index is -1.08. The number of halogens is 2. The predicted molar refractivity (Wildman–Crippen MR) is 112 cm³/mol. The molecule has 7 nitrogen and oxygen atoms in total. The molecule has 1 fully saturated rings. The van der Waals surface area contributed by atoms with Gasteiger partial charge in [-0.25, -0.2) is 14.4 Å². The van der Waals surface area contributed by atoms with Gasteiger partial charge in [-0.2, -0.15) is 0 Å².